The number of fused-ring (bicyclic) bond motifs is 1. The van der Waals surface area contributed by atoms with Crippen LogP contribution in [0.3, 0.4) is 0 Å². The monoisotopic (exact) mass is 412 g/mol. The molecule has 2 aliphatic rings. The van der Waals surface area contributed by atoms with Crippen molar-refractivity contribution >= 4 is 11.8 Å². The number of ether oxygens (including phenoxy) is 3. The number of furan rings is 1. The van der Waals surface area contributed by atoms with Crippen LogP contribution in [-0.4, -0.2) is 43.7 Å². The summed E-state index contributed by atoms with van der Waals surface area (Å²) in [6.07, 6.45) is -5.17. The topological polar surface area (TPSA) is 82.0 Å². The van der Waals surface area contributed by atoms with E-state index in [1.165, 1.54) is 12.1 Å². The Morgan fingerprint density at radius 2 is 1.97 bits per heavy atom. The number of nitrogens with one attached hydrogen (secondary N) is 2. The van der Waals surface area contributed by atoms with E-state index < -0.39 is 30.0 Å². The number of amides is 1. The van der Waals surface area contributed by atoms with Crippen molar-refractivity contribution in [1.82, 2.24) is 5.32 Å². The normalized spacial score (nSPS) is 26.3. The van der Waals surface area contributed by atoms with Crippen LogP contribution in [0.4, 0.5) is 23.7 Å². The maximum Gasteiger partial charge on any atom is 0.416 e. The van der Waals surface area contributed by atoms with Crippen molar-refractivity contribution in [3.63, 3.8) is 0 Å². The van der Waals surface area contributed by atoms with Gasteiger partial charge in [-0.15, -0.1) is 0 Å². The zero-order valence-corrected chi connectivity index (χ0v) is 15.1. The van der Waals surface area contributed by atoms with Crippen molar-refractivity contribution in [2.24, 2.45) is 0 Å². The molecule has 1 amide bonds. The van der Waals surface area contributed by atoms with Crippen LogP contribution in [0.15, 0.2) is 47.1 Å². The van der Waals surface area contributed by atoms with Gasteiger partial charge < -0.3 is 23.9 Å². The Labute approximate surface area is 164 Å². The molecule has 2 aromatic rings. The molecule has 1 aromatic carbocycles. The highest BCUT2D eigenvalue weighted by Gasteiger charge is 2.49. The van der Waals surface area contributed by atoms with E-state index in [4.69, 9.17) is 18.6 Å². The Morgan fingerprint density at radius 1 is 1.14 bits per heavy atom. The zero-order chi connectivity index (χ0) is 20.4. The van der Waals surface area contributed by atoms with Gasteiger partial charge in [-0.3, -0.25) is 5.32 Å². The summed E-state index contributed by atoms with van der Waals surface area (Å²) in [5.41, 5.74) is -0.866. The van der Waals surface area contributed by atoms with Crippen molar-refractivity contribution < 1.29 is 36.6 Å². The number of alkyl halides is 3. The number of benzene rings is 1. The van der Waals surface area contributed by atoms with Crippen molar-refractivity contribution in [3.05, 3.63) is 54.0 Å². The fourth-order valence-electron chi connectivity index (χ4n) is 3.44. The lowest BCUT2D eigenvalue weighted by molar-refractivity contribution is -0.137. The molecule has 3 heterocycles. The molecule has 2 saturated heterocycles. The second-order valence-electron chi connectivity index (χ2n) is 6.81. The van der Waals surface area contributed by atoms with Gasteiger partial charge in [0.1, 0.15) is 18.0 Å². The van der Waals surface area contributed by atoms with E-state index in [0.717, 1.165) is 17.9 Å². The second kappa shape index (κ2) is 8.05. The van der Waals surface area contributed by atoms with Crippen LogP contribution >= 0.6 is 0 Å². The fourth-order valence-corrected chi connectivity index (χ4v) is 3.44. The van der Waals surface area contributed by atoms with Gasteiger partial charge in [0, 0.05) is 5.69 Å². The molecule has 10 heteroatoms. The van der Waals surface area contributed by atoms with Crippen LogP contribution in [0.2, 0.25) is 0 Å². The van der Waals surface area contributed by atoms with E-state index in [-0.39, 0.29) is 24.4 Å². The summed E-state index contributed by atoms with van der Waals surface area (Å²) in [7, 11) is 0. The minimum absolute atomic E-state index is 0.00868. The van der Waals surface area contributed by atoms with Crippen molar-refractivity contribution in [1.29, 1.82) is 0 Å². The Balaban J connectivity index is 1.30. The Hall–Kier alpha value is -2.56. The number of anilines is 1. The standard InChI is InChI=1S/C19H19F3N2O5/c20-19(21,22)11-3-1-4-12(7-11)24-18(25)29-15-10-28-16-14(9-27-17(15)16)23-8-13-5-2-6-26-13/h1-7,14-17,23H,8-10H2,(H,24,25). The van der Waals surface area contributed by atoms with Gasteiger partial charge in [-0.1, -0.05) is 6.07 Å². The molecule has 0 spiro atoms. The predicted molar refractivity (Wildman–Crippen MR) is 94.2 cm³/mol. The van der Waals surface area contributed by atoms with E-state index in [2.05, 4.69) is 10.6 Å². The molecular weight excluding hydrogens is 393 g/mol. The molecular formula is C19H19F3N2O5. The summed E-state index contributed by atoms with van der Waals surface area (Å²) in [5.74, 6) is 0.778. The van der Waals surface area contributed by atoms with E-state index in [9.17, 15) is 18.0 Å². The summed E-state index contributed by atoms with van der Waals surface area (Å²) < 4.78 is 60.4. The second-order valence-corrected chi connectivity index (χ2v) is 6.81. The number of hydrogen-bond acceptors (Lipinski definition) is 6. The quantitative estimate of drug-likeness (QED) is 0.785. The number of hydrogen-bond donors (Lipinski definition) is 2. The molecule has 4 unspecified atom stereocenters. The highest BCUT2D eigenvalue weighted by Crippen LogP contribution is 2.31. The molecule has 2 aliphatic heterocycles. The summed E-state index contributed by atoms with van der Waals surface area (Å²) in [4.78, 5) is 12.1. The predicted octanol–water partition coefficient (Wildman–Crippen LogP) is 3.17. The van der Waals surface area contributed by atoms with Gasteiger partial charge in [0.25, 0.3) is 0 Å². The molecule has 7 nitrogen and oxygen atoms in total. The first-order chi connectivity index (χ1) is 13.9. The summed E-state index contributed by atoms with van der Waals surface area (Å²) in [5, 5.41) is 5.60. The van der Waals surface area contributed by atoms with Crippen LogP contribution in [0.5, 0.6) is 0 Å². The molecule has 0 saturated carbocycles. The van der Waals surface area contributed by atoms with E-state index in [0.29, 0.717) is 13.2 Å². The van der Waals surface area contributed by atoms with Gasteiger partial charge in [0.05, 0.1) is 37.6 Å². The lowest BCUT2D eigenvalue weighted by Crippen LogP contribution is -2.41. The van der Waals surface area contributed by atoms with Gasteiger partial charge in [0.2, 0.25) is 0 Å². The van der Waals surface area contributed by atoms with Crippen LogP contribution in [-0.2, 0) is 26.9 Å². The first-order valence-electron chi connectivity index (χ1n) is 9.04. The van der Waals surface area contributed by atoms with Crippen molar-refractivity contribution in [2.45, 2.75) is 37.1 Å². The number of carbonyl (C=O) groups excluding carboxylic acids is 1. The maximum absolute atomic E-state index is 12.8. The number of rotatable bonds is 5. The van der Waals surface area contributed by atoms with Crippen LogP contribution < -0.4 is 10.6 Å². The largest absolute Gasteiger partial charge is 0.468 e. The van der Waals surface area contributed by atoms with Crippen LogP contribution in [0.1, 0.15) is 11.3 Å². The number of carbonyl (C=O) groups is 1. The summed E-state index contributed by atoms with van der Waals surface area (Å²) >= 11 is 0. The van der Waals surface area contributed by atoms with Crippen molar-refractivity contribution in [3.8, 4) is 0 Å². The van der Waals surface area contributed by atoms with Crippen LogP contribution in [0, 0.1) is 0 Å². The smallest absolute Gasteiger partial charge is 0.416 e. The third kappa shape index (κ3) is 4.55. The molecule has 4 rings (SSSR count). The summed E-state index contributed by atoms with van der Waals surface area (Å²) in [6.45, 7) is 1.03. The zero-order valence-electron chi connectivity index (χ0n) is 15.1. The van der Waals surface area contributed by atoms with Gasteiger partial charge in [-0.25, -0.2) is 4.79 Å². The lowest BCUT2D eigenvalue weighted by atomic mass is 10.1. The number of halogens is 3. The van der Waals surface area contributed by atoms with Crippen LogP contribution in [0.25, 0.3) is 0 Å². The average Bonchev–Trinajstić information content (AvgIpc) is 3.39. The third-order valence-electron chi connectivity index (χ3n) is 4.82. The molecule has 2 fully saturated rings. The minimum Gasteiger partial charge on any atom is -0.468 e. The van der Waals surface area contributed by atoms with E-state index in [1.807, 2.05) is 6.07 Å². The van der Waals surface area contributed by atoms with Gasteiger partial charge in [0.15, 0.2) is 6.10 Å². The highest BCUT2D eigenvalue weighted by atomic mass is 19.4. The van der Waals surface area contributed by atoms with E-state index in [1.54, 1.807) is 12.3 Å². The van der Waals surface area contributed by atoms with E-state index >= 15 is 0 Å². The fraction of sp³-hybridized carbons (Fsp3) is 0.421. The Bertz CT molecular complexity index is 843. The minimum atomic E-state index is -4.50. The molecule has 2 N–H and O–H groups in total. The van der Waals surface area contributed by atoms with Crippen molar-refractivity contribution in [2.75, 3.05) is 18.5 Å². The molecule has 29 heavy (non-hydrogen) atoms. The first kappa shape index (κ1) is 19.7. The molecule has 0 aliphatic carbocycles. The molecule has 1 aromatic heterocycles. The Morgan fingerprint density at radius 3 is 2.72 bits per heavy atom. The molecule has 0 radical (unpaired) electrons. The van der Waals surface area contributed by atoms with Gasteiger partial charge >= 0.3 is 12.3 Å². The average molecular weight is 412 g/mol. The van der Waals surface area contributed by atoms with Gasteiger partial charge in [-0.05, 0) is 30.3 Å². The Kier molecular flexibility index (Phi) is 5.48. The third-order valence-corrected chi connectivity index (χ3v) is 4.82. The highest BCUT2D eigenvalue weighted by molar-refractivity contribution is 5.84. The SMILES string of the molecule is O=C(Nc1cccc(C(F)(F)F)c1)OC1COC2C(NCc3ccco3)COC12. The van der Waals surface area contributed by atoms with Gasteiger partial charge in [-0.2, -0.15) is 13.2 Å². The maximum atomic E-state index is 12.8. The summed E-state index contributed by atoms with van der Waals surface area (Å²) in [6, 6.07) is 7.88. The molecule has 4 atom stereocenters. The molecule has 0 bridgehead atoms. The first-order valence-corrected chi connectivity index (χ1v) is 9.04. The molecule has 156 valence electrons. The lowest BCUT2D eigenvalue weighted by Gasteiger charge is -2.18.